The third-order valence-electron chi connectivity index (χ3n) is 1.75. The van der Waals surface area contributed by atoms with Crippen LogP contribution in [0.3, 0.4) is 0 Å². The molecule has 0 aliphatic rings. The summed E-state index contributed by atoms with van der Waals surface area (Å²) in [5, 5.41) is 0. The monoisotopic (exact) mass is 246 g/mol. The predicted molar refractivity (Wildman–Crippen MR) is 51.5 cm³/mol. The molecule has 0 N–H and O–H groups in total. The van der Waals surface area contributed by atoms with E-state index >= 15 is 0 Å². The largest absolute Gasteiger partial charge is 0.501 e. The molecule has 0 aliphatic heterocycles. The van der Waals surface area contributed by atoms with Crippen molar-refractivity contribution in [2.75, 3.05) is 20.3 Å². The maximum absolute atomic E-state index is 12.1. The van der Waals surface area contributed by atoms with E-state index < -0.39 is 21.4 Å². The smallest absolute Gasteiger partial charge is 0.377 e. The van der Waals surface area contributed by atoms with Crippen LogP contribution < -0.4 is 0 Å². The zero-order valence-electron chi connectivity index (χ0n) is 9.19. The van der Waals surface area contributed by atoms with Gasteiger partial charge in [-0.05, 0) is 13.8 Å². The van der Waals surface area contributed by atoms with Gasteiger partial charge >= 0.3 is 15.0 Å². The SMILES string of the molecule is CCO[Si](CCC(F)(F)F)(OC)OCC. The van der Waals surface area contributed by atoms with Gasteiger partial charge in [-0.15, -0.1) is 0 Å². The Labute approximate surface area is 88.9 Å². The van der Waals surface area contributed by atoms with Crippen molar-refractivity contribution in [1.29, 1.82) is 0 Å². The van der Waals surface area contributed by atoms with Gasteiger partial charge in [0, 0.05) is 32.8 Å². The van der Waals surface area contributed by atoms with Crippen molar-refractivity contribution in [3.05, 3.63) is 0 Å². The number of halogens is 3. The molecule has 0 atom stereocenters. The van der Waals surface area contributed by atoms with E-state index in [9.17, 15) is 13.2 Å². The second kappa shape index (κ2) is 6.47. The first-order valence-corrected chi connectivity index (χ1v) is 6.72. The Morgan fingerprint density at radius 2 is 1.53 bits per heavy atom. The highest BCUT2D eigenvalue weighted by atomic mass is 28.4. The van der Waals surface area contributed by atoms with Crippen molar-refractivity contribution in [1.82, 2.24) is 0 Å². The minimum atomic E-state index is -4.20. The first kappa shape index (κ1) is 14.9. The molecule has 15 heavy (non-hydrogen) atoms. The third-order valence-corrected chi connectivity index (χ3v) is 4.70. The van der Waals surface area contributed by atoms with Crippen LogP contribution in [0.25, 0.3) is 0 Å². The molecule has 0 fully saturated rings. The Kier molecular flexibility index (Phi) is 6.42. The fraction of sp³-hybridized carbons (Fsp3) is 1.00. The summed E-state index contributed by atoms with van der Waals surface area (Å²) in [5.74, 6) is 0. The molecule has 0 amide bonds. The summed E-state index contributed by atoms with van der Waals surface area (Å²) in [6.07, 6.45) is -5.14. The van der Waals surface area contributed by atoms with Gasteiger partial charge in [-0.25, -0.2) is 0 Å². The van der Waals surface area contributed by atoms with E-state index in [0.717, 1.165) is 0 Å². The Bertz CT molecular complexity index is 169. The first-order chi connectivity index (χ1) is 6.89. The molecular weight excluding hydrogens is 229 g/mol. The first-order valence-electron chi connectivity index (χ1n) is 4.79. The molecule has 0 saturated carbocycles. The van der Waals surface area contributed by atoms with E-state index in [4.69, 9.17) is 13.3 Å². The normalized spacial score (nSPS) is 13.2. The molecule has 0 aliphatic carbocycles. The van der Waals surface area contributed by atoms with Crippen molar-refractivity contribution >= 4 is 8.80 Å². The lowest BCUT2D eigenvalue weighted by Crippen LogP contribution is -2.45. The lowest BCUT2D eigenvalue weighted by Gasteiger charge is -2.27. The quantitative estimate of drug-likeness (QED) is 0.646. The van der Waals surface area contributed by atoms with E-state index in [-0.39, 0.29) is 19.3 Å². The average Bonchev–Trinajstić information content (AvgIpc) is 2.14. The molecule has 0 spiro atoms. The van der Waals surface area contributed by atoms with E-state index in [1.54, 1.807) is 13.8 Å². The molecule has 0 heterocycles. The van der Waals surface area contributed by atoms with E-state index in [1.165, 1.54) is 7.11 Å². The maximum atomic E-state index is 12.1. The highest BCUT2D eigenvalue weighted by molar-refractivity contribution is 6.60. The van der Waals surface area contributed by atoms with Crippen molar-refractivity contribution in [3.63, 3.8) is 0 Å². The highest BCUT2D eigenvalue weighted by Gasteiger charge is 2.43. The molecule has 7 heteroatoms. The van der Waals surface area contributed by atoms with Crippen molar-refractivity contribution < 1.29 is 26.4 Å². The summed E-state index contributed by atoms with van der Waals surface area (Å²) in [6.45, 7) is 3.98. The number of hydrogen-bond donors (Lipinski definition) is 0. The summed E-state index contributed by atoms with van der Waals surface area (Å²) in [7, 11) is -1.77. The van der Waals surface area contributed by atoms with Crippen LogP contribution >= 0.6 is 0 Å². The van der Waals surface area contributed by atoms with Crippen LogP contribution in [-0.4, -0.2) is 35.3 Å². The van der Waals surface area contributed by atoms with Crippen LogP contribution in [0.15, 0.2) is 0 Å². The standard InChI is InChI=1S/C8H17F3O3Si/c1-4-13-15(12-3,14-5-2)7-6-8(9,10)11/h4-7H2,1-3H3. The lowest BCUT2D eigenvalue weighted by atomic mass is 10.5. The summed E-state index contributed by atoms with van der Waals surface area (Å²) < 4.78 is 51.6. The van der Waals surface area contributed by atoms with Gasteiger partial charge in [0.05, 0.1) is 0 Å². The molecule has 92 valence electrons. The van der Waals surface area contributed by atoms with E-state index in [0.29, 0.717) is 0 Å². The molecule has 0 saturated heterocycles. The zero-order chi connectivity index (χ0) is 11.9. The molecule has 0 bridgehead atoms. The zero-order valence-corrected chi connectivity index (χ0v) is 10.2. The van der Waals surface area contributed by atoms with E-state index in [1.807, 2.05) is 0 Å². The van der Waals surface area contributed by atoms with Crippen LogP contribution in [0, 0.1) is 0 Å². The second-order valence-corrected chi connectivity index (χ2v) is 5.72. The molecule has 0 unspecified atom stereocenters. The minimum Gasteiger partial charge on any atom is -0.377 e. The van der Waals surface area contributed by atoms with Gasteiger partial charge in [-0.1, -0.05) is 0 Å². The van der Waals surface area contributed by atoms with Gasteiger partial charge in [0.15, 0.2) is 0 Å². The van der Waals surface area contributed by atoms with Crippen LogP contribution in [-0.2, 0) is 13.3 Å². The van der Waals surface area contributed by atoms with Crippen molar-refractivity contribution in [2.45, 2.75) is 32.5 Å². The van der Waals surface area contributed by atoms with Crippen molar-refractivity contribution in [2.24, 2.45) is 0 Å². The molecule has 0 rings (SSSR count). The van der Waals surface area contributed by atoms with Crippen molar-refractivity contribution in [3.8, 4) is 0 Å². The molecule has 0 aromatic carbocycles. The van der Waals surface area contributed by atoms with Gasteiger partial charge in [0.25, 0.3) is 0 Å². The Morgan fingerprint density at radius 3 is 1.80 bits per heavy atom. The van der Waals surface area contributed by atoms with Crippen LogP contribution in [0.5, 0.6) is 0 Å². The minimum absolute atomic E-state index is 0.228. The Morgan fingerprint density at radius 1 is 1.07 bits per heavy atom. The molecular formula is C8H17F3O3Si. The summed E-state index contributed by atoms with van der Waals surface area (Å²) in [4.78, 5) is 0. The fourth-order valence-corrected chi connectivity index (χ4v) is 3.42. The summed E-state index contributed by atoms with van der Waals surface area (Å²) in [5.41, 5.74) is 0. The molecule has 0 aromatic rings. The van der Waals surface area contributed by atoms with Gasteiger partial charge in [0.1, 0.15) is 0 Å². The van der Waals surface area contributed by atoms with Crippen LogP contribution in [0.1, 0.15) is 20.3 Å². The molecule has 0 aromatic heterocycles. The van der Waals surface area contributed by atoms with Gasteiger partial charge in [-0.2, -0.15) is 13.2 Å². The molecule has 3 nitrogen and oxygen atoms in total. The van der Waals surface area contributed by atoms with Gasteiger partial charge in [0.2, 0.25) is 0 Å². The van der Waals surface area contributed by atoms with Crippen LogP contribution in [0.2, 0.25) is 6.04 Å². The third kappa shape index (κ3) is 6.13. The van der Waals surface area contributed by atoms with Gasteiger partial charge < -0.3 is 13.3 Å². The Hall–Kier alpha value is -0.113. The topological polar surface area (TPSA) is 27.7 Å². The number of alkyl halides is 3. The van der Waals surface area contributed by atoms with Crippen LogP contribution in [0.4, 0.5) is 13.2 Å². The highest BCUT2D eigenvalue weighted by Crippen LogP contribution is 2.27. The number of hydrogen-bond acceptors (Lipinski definition) is 3. The summed E-state index contributed by atoms with van der Waals surface area (Å²) >= 11 is 0. The van der Waals surface area contributed by atoms with E-state index in [2.05, 4.69) is 0 Å². The van der Waals surface area contributed by atoms with Gasteiger partial charge in [-0.3, -0.25) is 0 Å². The fourth-order valence-electron chi connectivity index (χ4n) is 1.14. The molecule has 0 radical (unpaired) electrons. The summed E-state index contributed by atoms with van der Waals surface area (Å²) in [6, 6.07) is -0.228. The lowest BCUT2D eigenvalue weighted by molar-refractivity contribution is -0.133. The second-order valence-electron chi connectivity index (χ2n) is 2.87. The average molecular weight is 246 g/mol. The maximum Gasteiger partial charge on any atom is 0.501 e. The number of rotatable bonds is 7. The Balaban J connectivity index is 4.33. The predicted octanol–water partition coefficient (Wildman–Crippen LogP) is 2.60.